The van der Waals surface area contributed by atoms with Crippen LogP contribution in [0, 0.1) is 6.92 Å². The first-order valence-electron chi connectivity index (χ1n) is 5.93. The van der Waals surface area contributed by atoms with E-state index in [-0.39, 0.29) is 18.3 Å². The number of amides is 1. The highest BCUT2D eigenvalue weighted by molar-refractivity contribution is 8.00. The summed E-state index contributed by atoms with van der Waals surface area (Å²) in [5, 5.41) is 3.58. The lowest BCUT2D eigenvalue weighted by molar-refractivity contribution is 0.0953. The number of hydrogen-bond donors (Lipinski definition) is 2. The third-order valence-electron chi connectivity index (χ3n) is 3.02. The first kappa shape index (κ1) is 15.2. The van der Waals surface area contributed by atoms with E-state index in [4.69, 9.17) is 5.73 Å². The maximum atomic E-state index is 12.0. The van der Waals surface area contributed by atoms with Gasteiger partial charge < -0.3 is 11.1 Å². The van der Waals surface area contributed by atoms with Gasteiger partial charge in [-0.15, -0.1) is 12.4 Å². The van der Waals surface area contributed by atoms with Gasteiger partial charge in [0.15, 0.2) is 0 Å². The fraction of sp³-hybridized carbons (Fsp3) is 0.462. The van der Waals surface area contributed by atoms with Crippen molar-refractivity contribution in [3.05, 3.63) is 29.3 Å². The van der Waals surface area contributed by atoms with Crippen LogP contribution in [0.25, 0.3) is 0 Å². The van der Waals surface area contributed by atoms with Gasteiger partial charge in [-0.2, -0.15) is 11.8 Å². The van der Waals surface area contributed by atoms with Crippen molar-refractivity contribution in [3.8, 4) is 0 Å². The highest BCUT2D eigenvalue weighted by Crippen LogP contribution is 2.25. The Morgan fingerprint density at radius 3 is 3.00 bits per heavy atom. The normalized spacial score (nSPS) is 18.2. The number of anilines is 1. The van der Waals surface area contributed by atoms with Crippen LogP contribution in [-0.4, -0.2) is 23.5 Å². The van der Waals surface area contributed by atoms with E-state index in [1.165, 1.54) is 18.6 Å². The Bertz CT molecular complexity index is 419. The second-order valence-corrected chi connectivity index (χ2v) is 5.83. The van der Waals surface area contributed by atoms with Crippen molar-refractivity contribution in [3.63, 3.8) is 0 Å². The van der Waals surface area contributed by atoms with Crippen LogP contribution in [0.2, 0.25) is 0 Å². The number of thioether (sulfide) groups is 1. The molecule has 3 nitrogen and oxygen atoms in total. The van der Waals surface area contributed by atoms with Gasteiger partial charge in [0.2, 0.25) is 0 Å². The lowest BCUT2D eigenvalue weighted by Gasteiger charge is -2.11. The first-order valence-corrected chi connectivity index (χ1v) is 6.97. The average molecular weight is 287 g/mol. The van der Waals surface area contributed by atoms with Gasteiger partial charge in [-0.1, -0.05) is 6.07 Å². The standard InChI is InChI=1S/C13H18N2OS.ClH/c1-9-4-5-10(14)7-12(9)13(16)15-8-11-3-2-6-17-11;/h4-5,7,11H,2-3,6,8,14H2,1H3,(H,15,16);1H. The zero-order valence-corrected chi connectivity index (χ0v) is 12.1. The molecule has 1 saturated heterocycles. The van der Waals surface area contributed by atoms with E-state index in [1.54, 1.807) is 6.07 Å². The molecule has 0 radical (unpaired) electrons. The fourth-order valence-electron chi connectivity index (χ4n) is 1.99. The summed E-state index contributed by atoms with van der Waals surface area (Å²) in [7, 11) is 0. The Balaban J connectivity index is 0.00000162. The van der Waals surface area contributed by atoms with Crippen molar-refractivity contribution >= 4 is 35.8 Å². The van der Waals surface area contributed by atoms with Crippen LogP contribution in [0.1, 0.15) is 28.8 Å². The predicted molar refractivity (Wildman–Crippen MR) is 80.7 cm³/mol. The van der Waals surface area contributed by atoms with Crippen molar-refractivity contribution in [1.29, 1.82) is 0 Å². The molecule has 2 rings (SSSR count). The molecule has 18 heavy (non-hydrogen) atoms. The molecular weight excluding hydrogens is 268 g/mol. The molecule has 0 saturated carbocycles. The summed E-state index contributed by atoms with van der Waals surface area (Å²) in [6.07, 6.45) is 2.48. The van der Waals surface area contributed by atoms with Gasteiger partial charge in [0.1, 0.15) is 0 Å². The van der Waals surface area contributed by atoms with Gasteiger partial charge in [0.25, 0.3) is 5.91 Å². The molecule has 1 aromatic carbocycles. The Kier molecular flexibility index (Phi) is 5.82. The zero-order valence-electron chi connectivity index (χ0n) is 10.4. The fourth-order valence-corrected chi connectivity index (χ4v) is 3.19. The quantitative estimate of drug-likeness (QED) is 0.840. The van der Waals surface area contributed by atoms with Gasteiger partial charge in [0.05, 0.1) is 0 Å². The van der Waals surface area contributed by atoms with Crippen LogP contribution in [0.3, 0.4) is 0 Å². The number of carbonyl (C=O) groups excluding carboxylic acids is 1. The first-order chi connectivity index (χ1) is 8.16. The minimum absolute atomic E-state index is 0. The van der Waals surface area contributed by atoms with E-state index >= 15 is 0 Å². The summed E-state index contributed by atoms with van der Waals surface area (Å²) in [6, 6.07) is 5.44. The third kappa shape index (κ3) is 3.82. The Morgan fingerprint density at radius 2 is 2.33 bits per heavy atom. The number of nitrogens with two attached hydrogens (primary N) is 1. The molecule has 1 fully saturated rings. The highest BCUT2D eigenvalue weighted by Gasteiger charge is 2.17. The third-order valence-corrected chi connectivity index (χ3v) is 4.42. The number of hydrogen-bond acceptors (Lipinski definition) is 3. The van der Waals surface area contributed by atoms with E-state index in [0.29, 0.717) is 16.5 Å². The summed E-state index contributed by atoms with van der Waals surface area (Å²) in [6.45, 7) is 2.69. The molecule has 0 bridgehead atoms. The van der Waals surface area contributed by atoms with Crippen molar-refractivity contribution < 1.29 is 4.79 Å². The maximum absolute atomic E-state index is 12.0. The number of halogens is 1. The van der Waals surface area contributed by atoms with Crippen LogP contribution in [0.5, 0.6) is 0 Å². The van der Waals surface area contributed by atoms with E-state index in [9.17, 15) is 4.79 Å². The summed E-state index contributed by atoms with van der Waals surface area (Å²) in [5.74, 6) is 1.21. The monoisotopic (exact) mass is 286 g/mol. The number of nitrogens with one attached hydrogen (secondary N) is 1. The van der Waals surface area contributed by atoms with Crippen LogP contribution in [-0.2, 0) is 0 Å². The molecule has 1 heterocycles. The number of carbonyl (C=O) groups is 1. The Morgan fingerprint density at radius 1 is 1.56 bits per heavy atom. The largest absolute Gasteiger partial charge is 0.399 e. The van der Waals surface area contributed by atoms with Crippen molar-refractivity contribution in [2.45, 2.75) is 25.0 Å². The van der Waals surface area contributed by atoms with Gasteiger partial charge in [-0.3, -0.25) is 4.79 Å². The Labute approximate surface area is 118 Å². The van der Waals surface area contributed by atoms with E-state index in [1.807, 2.05) is 30.8 Å². The minimum atomic E-state index is -0.0118. The predicted octanol–water partition coefficient (Wildman–Crippen LogP) is 2.62. The van der Waals surface area contributed by atoms with Crippen molar-refractivity contribution in [2.75, 3.05) is 18.0 Å². The van der Waals surface area contributed by atoms with E-state index in [2.05, 4.69) is 5.32 Å². The number of aryl methyl sites for hydroxylation is 1. The maximum Gasteiger partial charge on any atom is 0.251 e. The second-order valence-electron chi connectivity index (χ2n) is 4.42. The number of rotatable bonds is 3. The molecule has 0 spiro atoms. The summed E-state index contributed by atoms with van der Waals surface area (Å²) in [4.78, 5) is 12.0. The van der Waals surface area contributed by atoms with Gasteiger partial charge in [0, 0.05) is 23.0 Å². The molecule has 100 valence electrons. The number of nitrogen functional groups attached to an aromatic ring is 1. The highest BCUT2D eigenvalue weighted by atomic mass is 35.5. The molecule has 0 aliphatic carbocycles. The summed E-state index contributed by atoms with van der Waals surface area (Å²) >= 11 is 1.95. The van der Waals surface area contributed by atoms with Crippen LogP contribution in [0.15, 0.2) is 18.2 Å². The molecular formula is C13H19ClN2OS. The van der Waals surface area contributed by atoms with Crippen LogP contribution < -0.4 is 11.1 Å². The topological polar surface area (TPSA) is 55.1 Å². The molecule has 1 aliphatic rings. The van der Waals surface area contributed by atoms with Crippen LogP contribution in [0.4, 0.5) is 5.69 Å². The smallest absolute Gasteiger partial charge is 0.251 e. The van der Waals surface area contributed by atoms with Crippen molar-refractivity contribution in [1.82, 2.24) is 5.32 Å². The average Bonchev–Trinajstić information content (AvgIpc) is 2.82. The zero-order chi connectivity index (χ0) is 12.3. The minimum Gasteiger partial charge on any atom is -0.399 e. The van der Waals surface area contributed by atoms with Gasteiger partial charge in [-0.25, -0.2) is 0 Å². The number of benzene rings is 1. The molecule has 5 heteroatoms. The molecule has 1 amide bonds. The SMILES string of the molecule is Cc1ccc(N)cc1C(=O)NCC1CCCS1.Cl. The van der Waals surface area contributed by atoms with E-state index in [0.717, 1.165) is 12.1 Å². The van der Waals surface area contributed by atoms with Crippen LogP contribution >= 0.6 is 24.2 Å². The molecule has 1 aliphatic heterocycles. The molecule has 0 aromatic heterocycles. The molecule has 1 atom stereocenters. The molecule has 3 N–H and O–H groups in total. The summed E-state index contributed by atoms with van der Waals surface area (Å²) < 4.78 is 0. The molecule has 1 aromatic rings. The molecule has 1 unspecified atom stereocenters. The summed E-state index contributed by atoms with van der Waals surface area (Å²) in [5.41, 5.74) is 7.99. The lowest BCUT2D eigenvalue weighted by Crippen LogP contribution is -2.30. The van der Waals surface area contributed by atoms with Gasteiger partial charge >= 0.3 is 0 Å². The lowest BCUT2D eigenvalue weighted by atomic mass is 10.1. The Hall–Kier alpha value is -0.870. The van der Waals surface area contributed by atoms with Gasteiger partial charge in [-0.05, 0) is 43.2 Å². The second kappa shape index (κ2) is 6.90. The van der Waals surface area contributed by atoms with Crippen molar-refractivity contribution in [2.24, 2.45) is 0 Å². The van der Waals surface area contributed by atoms with E-state index < -0.39 is 0 Å².